The highest BCUT2D eigenvalue weighted by atomic mass is 16.4. The molecule has 0 amide bonds. The quantitative estimate of drug-likeness (QED) is 0.529. The fraction of sp³-hybridized carbons (Fsp3) is 0.250. The van der Waals surface area contributed by atoms with E-state index in [2.05, 4.69) is 10.7 Å². The van der Waals surface area contributed by atoms with Gasteiger partial charge >= 0.3 is 8.05 Å². The lowest BCUT2D eigenvalue weighted by Crippen LogP contribution is -1.86. The Bertz CT molecular complexity index is 212. The van der Waals surface area contributed by atoms with Crippen molar-refractivity contribution in [3.63, 3.8) is 0 Å². The molecule has 0 aromatic heterocycles. The summed E-state index contributed by atoms with van der Waals surface area (Å²) in [6.07, 6.45) is 0. The van der Waals surface area contributed by atoms with E-state index in [0.29, 0.717) is 0 Å². The molecule has 0 unspecified atom stereocenters. The van der Waals surface area contributed by atoms with Gasteiger partial charge in [0.1, 0.15) is 0 Å². The van der Waals surface area contributed by atoms with Crippen molar-refractivity contribution in [3.8, 4) is 5.75 Å². The van der Waals surface area contributed by atoms with Gasteiger partial charge < -0.3 is 4.65 Å². The summed E-state index contributed by atoms with van der Waals surface area (Å²) in [5.74, 6) is 0.720. The maximum atomic E-state index is 4.99. The van der Waals surface area contributed by atoms with E-state index in [1.165, 1.54) is 11.1 Å². The zero-order valence-corrected chi connectivity index (χ0v) is 6.22. The van der Waals surface area contributed by atoms with E-state index in [4.69, 9.17) is 8.05 Å². The van der Waals surface area contributed by atoms with Crippen LogP contribution in [0, 0.1) is 13.8 Å². The predicted octanol–water partition coefficient (Wildman–Crippen LogP) is 1.77. The Labute approximate surface area is 62.5 Å². The largest absolute Gasteiger partial charge is 0.568 e. The van der Waals surface area contributed by atoms with Crippen molar-refractivity contribution in [1.29, 1.82) is 0 Å². The third-order valence-electron chi connectivity index (χ3n) is 1.33. The Kier molecular flexibility index (Phi) is 2.00. The molecular formula is C8H9BO. The molecule has 0 N–H and O–H groups in total. The van der Waals surface area contributed by atoms with Gasteiger partial charge in [-0.3, -0.25) is 0 Å². The molecule has 0 saturated carbocycles. The van der Waals surface area contributed by atoms with Crippen LogP contribution in [-0.2, 0) is 0 Å². The van der Waals surface area contributed by atoms with Crippen molar-refractivity contribution in [1.82, 2.24) is 0 Å². The molecule has 0 fully saturated rings. The Balaban J connectivity index is 3.06. The van der Waals surface area contributed by atoms with Crippen LogP contribution in [0.4, 0.5) is 0 Å². The third kappa shape index (κ3) is 1.53. The van der Waals surface area contributed by atoms with Crippen LogP contribution in [0.2, 0.25) is 0 Å². The van der Waals surface area contributed by atoms with Gasteiger partial charge in [0.2, 0.25) is 0 Å². The van der Waals surface area contributed by atoms with Crippen LogP contribution in [0.25, 0.3) is 0 Å². The van der Waals surface area contributed by atoms with E-state index in [0.717, 1.165) is 5.75 Å². The Morgan fingerprint density at radius 3 is 2.00 bits per heavy atom. The maximum Gasteiger partial charge on any atom is 0.374 e. The van der Waals surface area contributed by atoms with Crippen molar-refractivity contribution in [2.24, 2.45) is 0 Å². The molecule has 0 saturated heterocycles. The smallest absolute Gasteiger partial charge is 0.374 e. The highest BCUT2D eigenvalue weighted by molar-refractivity contribution is 5.99. The molecule has 0 atom stereocenters. The van der Waals surface area contributed by atoms with Gasteiger partial charge in [0.25, 0.3) is 0 Å². The summed E-state index contributed by atoms with van der Waals surface area (Å²) in [6.45, 7) is 4.02. The fourth-order valence-electron chi connectivity index (χ4n) is 1.00. The number of hydrogen-bond donors (Lipinski definition) is 0. The van der Waals surface area contributed by atoms with Crippen LogP contribution in [0.15, 0.2) is 18.2 Å². The first-order chi connectivity index (χ1) is 4.72. The van der Waals surface area contributed by atoms with Gasteiger partial charge in [-0.15, -0.1) is 0 Å². The lowest BCUT2D eigenvalue weighted by Gasteiger charge is -2.02. The minimum absolute atomic E-state index is 0.720. The van der Waals surface area contributed by atoms with Gasteiger partial charge in [-0.25, -0.2) is 0 Å². The zero-order chi connectivity index (χ0) is 7.56. The van der Waals surface area contributed by atoms with Crippen molar-refractivity contribution >= 4 is 8.05 Å². The first-order valence-corrected chi connectivity index (χ1v) is 3.17. The Morgan fingerprint density at radius 2 is 1.60 bits per heavy atom. The normalized spacial score (nSPS) is 9.40. The van der Waals surface area contributed by atoms with Crippen molar-refractivity contribution in [3.05, 3.63) is 29.3 Å². The molecule has 2 radical (unpaired) electrons. The van der Waals surface area contributed by atoms with Crippen molar-refractivity contribution < 1.29 is 4.65 Å². The maximum absolute atomic E-state index is 4.99. The van der Waals surface area contributed by atoms with Crippen LogP contribution in [0.3, 0.4) is 0 Å². The van der Waals surface area contributed by atoms with Crippen LogP contribution in [-0.4, -0.2) is 8.05 Å². The fourth-order valence-corrected chi connectivity index (χ4v) is 1.00. The second-order valence-electron chi connectivity index (χ2n) is 2.44. The van der Waals surface area contributed by atoms with E-state index in [-0.39, 0.29) is 0 Å². The Hall–Kier alpha value is -0.915. The molecule has 2 heteroatoms. The minimum Gasteiger partial charge on any atom is -0.568 e. The monoisotopic (exact) mass is 132 g/mol. The number of rotatable bonds is 1. The summed E-state index contributed by atoms with van der Waals surface area (Å²) in [6, 6.07) is 5.86. The minimum atomic E-state index is 0.720. The molecule has 0 bridgehead atoms. The summed E-state index contributed by atoms with van der Waals surface area (Å²) in [4.78, 5) is 0. The molecule has 0 aliphatic carbocycles. The molecule has 10 heavy (non-hydrogen) atoms. The highest BCUT2D eigenvalue weighted by Gasteiger charge is 1.91. The molecule has 0 spiro atoms. The lowest BCUT2D eigenvalue weighted by atomic mass is 10.1. The average molecular weight is 132 g/mol. The molecule has 0 aliphatic heterocycles. The van der Waals surface area contributed by atoms with Crippen LogP contribution in [0.1, 0.15) is 11.1 Å². The molecule has 0 aliphatic rings. The van der Waals surface area contributed by atoms with Crippen LogP contribution >= 0.6 is 0 Å². The Morgan fingerprint density at radius 1 is 1.10 bits per heavy atom. The van der Waals surface area contributed by atoms with Crippen molar-refractivity contribution in [2.45, 2.75) is 13.8 Å². The SMILES string of the molecule is [B]Oc1cc(C)cc(C)c1. The standard InChI is InChI=1S/C8H9BO/c1-6-3-7(2)5-8(4-6)10-9/h3-5H,1-2H3. The topological polar surface area (TPSA) is 9.23 Å². The number of hydrogen-bond acceptors (Lipinski definition) is 1. The third-order valence-corrected chi connectivity index (χ3v) is 1.33. The second kappa shape index (κ2) is 2.78. The molecule has 1 rings (SSSR count). The van der Waals surface area contributed by atoms with Crippen molar-refractivity contribution in [2.75, 3.05) is 0 Å². The molecule has 0 heterocycles. The first kappa shape index (κ1) is 7.20. The summed E-state index contributed by atoms with van der Waals surface area (Å²) in [7, 11) is 4.99. The van der Waals surface area contributed by atoms with E-state index >= 15 is 0 Å². The lowest BCUT2D eigenvalue weighted by molar-refractivity contribution is 0.615. The van der Waals surface area contributed by atoms with E-state index in [1.54, 1.807) is 0 Å². The summed E-state index contributed by atoms with van der Waals surface area (Å²) in [5.41, 5.74) is 2.33. The van der Waals surface area contributed by atoms with E-state index in [1.807, 2.05) is 26.0 Å². The van der Waals surface area contributed by atoms with Crippen LogP contribution < -0.4 is 4.65 Å². The zero-order valence-electron chi connectivity index (χ0n) is 6.22. The highest BCUT2D eigenvalue weighted by Crippen LogP contribution is 2.14. The molecular weight excluding hydrogens is 123 g/mol. The summed E-state index contributed by atoms with van der Waals surface area (Å²) >= 11 is 0. The molecule has 1 nitrogen and oxygen atoms in total. The van der Waals surface area contributed by atoms with Gasteiger partial charge in [-0.05, 0) is 37.1 Å². The molecule has 1 aromatic rings. The number of benzene rings is 1. The van der Waals surface area contributed by atoms with E-state index in [9.17, 15) is 0 Å². The number of aryl methyl sites for hydroxylation is 2. The second-order valence-corrected chi connectivity index (χ2v) is 2.44. The van der Waals surface area contributed by atoms with E-state index < -0.39 is 0 Å². The van der Waals surface area contributed by atoms with Gasteiger partial charge in [0.05, 0.1) is 5.75 Å². The first-order valence-electron chi connectivity index (χ1n) is 3.17. The summed E-state index contributed by atoms with van der Waals surface area (Å²) < 4.78 is 4.58. The average Bonchev–Trinajstić information content (AvgIpc) is 1.85. The van der Waals surface area contributed by atoms with Gasteiger partial charge in [-0.1, -0.05) is 6.07 Å². The van der Waals surface area contributed by atoms with Gasteiger partial charge in [0, 0.05) is 0 Å². The molecule has 1 aromatic carbocycles. The van der Waals surface area contributed by atoms with Gasteiger partial charge in [0.15, 0.2) is 0 Å². The summed E-state index contributed by atoms with van der Waals surface area (Å²) in [5, 5.41) is 0. The molecule has 50 valence electrons. The van der Waals surface area contributed by atoms with Gasteiger partial charge in [-0.2, -0.15) is 0 Å². The predicted molar refractivity (Wildman–Crippen MR) is 42.3 cm³/mol. The van der Waals surface area contributed by atoms with Crippen LogP contribution in [0.5, 0.6) is 5.75 Å².